The Hall–Kier alpha value is -0.290. The Balaban J connectivity index is 3.68. The van der Waals surface area contributed by atoms with Gasteiger partial charge >= 0.3 is 5.97 Å². The summed E-state index contributed by atoms with van der Waals surface area (Å²) in [5.74, 6) is -0.833. The van der Waals surface area contributed by atoms with E-state index in [2.05, 4.69) is 5.32 Å². The van der Waals surface area contributed by atoms with E-state index in [4.69, 9.17) is 17.3 Å². The van der Waals surface area contributed by atoms with Crippen molar-refractivity contribution < 1.29 is 9.90 Å². The first-order chi connectivity index (χ1) is 5.31. The largest absolute Gasteiger partial charge is 0.481 e. The van der Waals surface area contributed by atoms with E-state index in [0.717, 1.165) is 11.8 Å². The van der Waals surface area contributed by atoms with Gasteiger partial charge in [-0.05, 0) is 20.8 Å². The van der Waals surface area contributed by atoms with E-state index in [1.54, 1.807) is 0 Å². The van der Waals surface area contributed by atoms with Crippen molar-refractivity contribution in [3.8, 4) is 0 Å². The molecule has 0 unspecified atom stereocenters. The number of carboxylic acids is 1. The first kappa shape index (κ1) is 11.7. The molecule has 2 N–H and O–H groups in total. The van der Waals surface area contributed by atoms with Crippen LogP contribution in [0.25, 0.3) is 0 Å². The lowest BCUT2D eigenvalue weighted by molar-refractivity contribution is -0.133. The summed E-state index contributed by atoms with van der Waals surface area (Å²) in [6, 6.07) is 0. The highest BCUT2D eigenvalue weighted by molar-refractivity contribution is 8.23. The monoisotopic (exact) mass is 207 g/mol. The van der Waals surface area contributed by atoms with Gasteiger partial charge < -0.3 is 10.4 Å². The molecule has 0 fully saturated rings. The normalized spacial score (nSPS) is 10.9. The first-order valence-electron chi connectivity index (χ1n) is 3.48. The van der Waals surface area contributed by atoms with Crippen molar-refractivity contribution in [1.82, 2.24) is 5.32 Å². The molecule has 0 heterocycles. The van der Waals surface area contributed by atoms with Crippen molar-refractivity contribution in [3.63, 3.8) is 0 Å². The summed E-state index contributed by atoms with van der Waals surface area (Å²) >= 11 is 6.04. The molecule has 0 aliphatic heterocycles. The van der Waals surface area contributed by atoms with Crippen LogP contribution in [0, 0.1) is 0 Å². The summed E-state index contributed by atoms with van der Waals surface area (Å²) in [5.41, 5.74) is -0.0947. The molecule has 5 heteroatoms. The molecule has 12 heavy (non-hydrogen) atoms. The van der Waals surface area contributed by atoms with Gasteiger partial charge in [0.25, 0.3) is 0 Å². The molecule has 0 aliphatic carbocycles. The molecule has 0 saturated heterocycles. The van der Waals surface area contributed by atoms with Crippen LogP contribution in [0.1, 0.15) is 20.8 Å². The van der Waals surface area contributed by atoms with Crippen LogP contribution >= 0.6 is 24.0 Å². The molecule has 0 bridgehead atoms. The van der Waals surface area contributed by atoms with Gasteiger partial charge in [0.1, 0.15) is 4.32 Å². The zero-order valence-corrected chi connectivity index (χ0v) is 9.01. The van der Waals surface area contributed by atoms with Crippen molar-refractivity contribution in [1.29, 1.82) is 0 Å². The molecule has 0 rings (SSSR count). The zero-order valence-electron chi connectivity index (χ0n) is 7.38. The van der Waals surface area contributed by atoms with Crippen LogP contribution in [0.2, 0.25) is 0 Å². The molecule has 0 aliphatic rings. The van der Waals surface area contributed by atoms with E-state index in [1.807, 2.05) is 20.8 Å². The third kappa shape index (κ3) is 7.81. The van der Waals surface area contributed by atoms with Crippen LogP contribution in [-0.2, 0) is 4.79 Å². The fraction of sp³-hybridized carbons (Fsp3) is 0.714. The van der Waals surface area contributed by atoms with Gasteiger partial charge in [0.15, 0.2) is 0 Å². The highest BCUT2D eigenvalue weighted by Gasteiger charge is 2.11. The smallest absolute Gasteiger partial charge is 0.313 e. The highest BCUT2D eigenvalue weighted by atomic mass is 32.2. The lowest BCUT2D eigenvalue weighted by atomic mass is 10.1. The molecule has 0 saturated carbocycles. The molecular formula is C7H13NO2S2. The van der Waals surface area contributed by atoms with Gasteiger partial charge in [-0.2, -0.15) is 0 Å². The number of hydrogen-bond donors (Lipinski definition) is 2. The van der Waals surface area contributed by atoms with Crippen molar-refractivity contribution in [2.24, 2.45) is 0 Å². The first-order valence-corrected chi connectivity index (χ1v) is 4.87. The fourth-order valence-electron chi connectivity index (χ4n) is 0.470. The number of carboxylic acid groups (broad SMARTS) is 1. The van der Waals surface area contributed by atoms with Crippen LogP contribution in [-0.4, -0.2) is 26.7 Å². The minimum absolute atomic E-state index is 0.0158. The van der Waals surface area contributed by atoms with Crippen LogP contribution < -0.4 is 5.32 Å². The summed E-state index contributed by atoms with van der Waals surface area (Å²) in [6.45, 7) is 5.92. The highest BCUT2D eigenvalue weighted by Crippen LogP contribution is 2.07. The molecule has 0 amide bonds. The Kier molecular flexibility index (Phi) is 4.55. The lowest BCUT2D eigenvalue weighted by Crippen LogP contribution is -2.38. The summed E-state index contributed by atoms with van der Waals surface area (Å²) in [6.07, 6.45) is 0. The third-order valence-corrected chi connectivity index (χ3v) is 2.01. The van der Waals surface area contributed by atoms with Crippen molar-refractivity contribution in [3.05, 3.63) is 0 Å². The average Bonchev–Trinajstić information content (AvgIpc) is 1.79. The van der Waals surface area contributed by atoms with Crippen LogP contribution in [0.3, 0.4) is 0 Å². The number of nitrogens with one attached hydrogen (secondary N) is 1. The van der Waals surface area contributed by atoms with E-state index >= 15 is 0 Å². The number of thiocarbonyl (C=S) groups is 1. The van der Waals surface area contributed by atoms with E-state index in [1.165, 1.54) is 0 Å². The van der Waals surface area contributed by atoms with Gasteiger partial charge in [0.2, 0.25) is 0 Å². The topological polar surface area (TPSA) is 49.3 Å². The lowest BCUT2D eigenvalue weighted by Gasteiger charge is -2.21. The molecule has 0 spiro atoms. The van der Waals surface area contributed by atoms with E-state index in [9.17, 15) is 4.79 Å². The zero-order chi connectivity index (χ0) is 9.78. The summed E-state index contributed by atoms with van der Waals surface area (Å²) in [7, 11) is 0. The van der Waals surface area contributed by atoms with Crippen LogP contribution in [0.5, 0.6) is 0 Å². The standard InChI is InChI=1S/C7H13NO2S2/c1-7(2,3)8-6(11)12-4-5(9)10/h4H2,1-3H3,(H,8,11)(H,9,10). The molecule has 0 aromatic rings. The third-order valence-electron chi connectivity index (χ3n) is 0.804. The second kappa shape index (κ2) is 4.67. The van der Waals surface area contributed by atoms with Crippen LogP contribution in [0.4, 0.5) is 0 Å². The molecule has 0 aromatic heterocycles. The minimum Gasteiger partial charge on any atom is -0.481 e. The maximum Gasteiger partial charge on any atom is 0.313 e. The maximum absolute atomic E-state index is 10.2. The van der Waals surface area contributed by atoms with E-state index < -0.39 is 5.97 Å². The van der Waals surface area contributed by atoms with E-state index in [0.29, 0.717) is 4.32 Å². The SMILES string of the molecule is CC(C)(C)NC(=S)SCC(=O)O. The molecule has 0 radical (unpaired) electrons. The number of carbonyl (C=O) groups is 1. The predicted octanol–water partition coefficient (Wildman–Crippen LogP) is 1.48. The van der Waals surface area contributed by atoms with Gasteiger partial charge in [0, 0.05) is 5.54 Å². The van der Waals surface area contributed by atoms with Crippen molar-refractivity contribution in [2.75, 3.05) is 5.75 Å². The Labute approximate surface area is 81.9 Å². The molecular weight excluding hydrogens is 194 g/mol. The van der Waals surface area contributed by atoms with Gasteiger partial charge in [0.05, 0.1) is 5.75 Å². The number of rotatable bonds is 2. The second-order valence-electron chi connectivity index (χ2n) is 3.34. The molecule has 0 atom stereocenters. The van der Waals surface area contributed by atoms with Crippen molar-refractivity contribution in [2.45, 2.75) is 26.3 Å². The Morgan fingerprint density at radius 1 is 1.58 bits per heavy atom. The number of aliphatic carboxylic acids is 1. The van der Waals surface area contributed by atoms with Gasteiger partial charge in [-0.3, -0.25) is 4.79 Å². The quantitative estimate of drug-likeness (QED) is 0.672. The van der Waals surface area contributed by atoms with Gasteiger partial charge in [-0.15, -0.1) is 0 Å². The summed E-state index contributed by atoms with van der Waals surface area (Å²) < 4.78 is 0.532. The number of hydrogen-bond acceptors (Lipinski definition) is 3. The van der Waals surface area contributed by atoms with E-state index in [-0.39, 0.29) is 11.3 Å². The Morgan fingerprint density at radius 2 is 2.08 bits per heavy atom. The van der Waals surface area contributed by atoms with Gasteiger partial charge in [-0.25, -0.2) is 0 Å². The average molecular weight is 207 g/mol. The Morgan fingerprint density at radius 3 is 2.42 bits per heavy atom. The van der Waals surface area contributed by atoms with Crippen LogP contribution in [0.15, 0.2) is 0 Å². The molecule has 0 aromatic carbocycles. The fourth-order valence-corrected chi connectivity index (χ4v) is 1.59. The predicted molar refractivity (Wildman–Crippen MR) is 55.6 cm³/mol. The molecule has 3 nitrogen and oxygen atoms in total. The minimum atomic E-state index is -0.849. The molecule has 70 valence electrons. The van der Waals surface area contributed by atoms with Gasteiger partial charge in [-0.1, -0.05) is 24.0 Å². The summed E-state index contributed by atoms with van der Waals surface area (Å²) in [4.78, 5) is 10.2. The summed E-state index contributed by atoms with van der Waals surface area (Å²) in [5, 5.41) is 11.4. The van der Waals surface area contributed by atoms with Crippen molar-refractivity contribution >= 4 is 34.3 Å². The maximum atomic E-state index is 10.2. The second-order valence-corrected chi connectivity index (χ2v) is 5.00. The Bertz CT molecular complexity index is 186. The number of thioether (sulfide) groups is 1.